The van der Waals surface area contributed by atoms with E-state index in [0.717, 1.165) is 54.6 Å². The van der Waals surface area contributed by atoms with Gasteiger partial charge in [-0.2, -0.15) is 17.5 Å². The van der Waals surface area contributed by atoms with Crippen LogP contribution in [0.2, 0.25) is 5.02 Å². The van der Waals surface area contributed by atoms with E-state index in [1.165, 1.54) is 23.7 Å². The fraction of sp³-hybridized carbons (Fsp3) is 0.348. The molecular weight excluding hydrogens is 473 g/mol. The highest BCUT2D eigenvalue weighted by atomic mass is 35.5. The summed E-state index contributed by atoms with van der Waals surface area (Å²) >= 11 is 7.30. The van der Waals surface area contributed by atoms with Gasteiger partial charge in [0, 0.05) is 48.2 Å². The number of anilines is 1. The number of amides is 1. The largest absolute Gasteiger partial charge is 0.416 e. The lowest BCUT2D eigenvalue weighted by Crippen LogP contribution is -2.38. The molecule has 4 rings (SSSR count). The number of carbonyl (C=O) groups excluding carboxylic acids is 1. The van der Waals surface area contributed by atoms with Gasteiger partial charge >= 0.3 is 6.18 Å². The maximum Gasteiger partial charge on any atom is 0.416 e. The molecule has 3 aromatic rings. The third-order valence-corrected chi connectivity index (χ3v) is 6.69. The van der Waals surface area contributed by atoms with Gasteiger partial charge in [-0.05, 0) is 54.7 Å². The lowest BCUT2D eigenvalue weighted by molar-refractivity contribution is -0.137. The highest BCUT2D eigenvalue weighted by Crippen LogP contribution is 2.30. The summed E-state index contributed by atoms with van der Waals surface area (Å²) in [4.78, 5) is 19.2. The molecular formula is C23H22ClF3N4OS. The van der Waals surface area contributed by atoms with Crippen molar-refractivity contribution in [3.8, 4) is 0 Å². The second-order valence-electron chi connectivity index (χ2n) is 8.02. The molecule has 0 saturated carbocycles. The summed E-state index contributed by atoms with van der Waals surface area (Å²) in [6.45, 7) is 2.01. The van der Waals surface area contributed by atoms with E-state index in [1.54, 1.807) is 0 Å². The average molecular weight is 495 g/mol. The van der Waals surface area contributed by atoms with Gasteiger partial charge in [0.1, 0.15) is 5.82 Å². The van der Waals surface area contributed by atoms with Crippen LogP contribution in [0.15, 0.2) is 48.5 Å². The van der Waals surface area contributed by atoms with Crippen molar-refractivity contribution in [1.82, 2.24) is 14.7 Å². The van der Waals surface area contributed by atoms with Crippen LogP contribution < -0.4 is 10.2 Å². The van der Waals surface area contributed by atoms with Gasteiger partial charge in [0.05, 0.1) is 5.56 Å². The molecule has 1 aromatic heterocycles. The summed E-state index contributed by atoms with van der Waals surface area (Å²) < 4.78 is 43.0. The quantitative estimate of drug-likeness (QED) is 0.495. The van der Waals surface area contributed by atoms with Gasteiger partial charge in [0.15, 0.2) is 0 Å². The van der Waals surface area contributed by atoms with E-state index in [1.807, 2.05) is 24.3 Å². The fourth-order valence-electron chi connectivity index (χ4n) is 3.73. The summed E-state index contributed by atoms with van der Waals surface area (Å²) in [6.07, 6.45) is -2.11. The maximum atomic E-state index is 12.9. The van der Waals surface area contributed by atoms with Crippen molar-refractivity contribution in [2.24, 2.45) is 5.92 Å². The third-order valence-electron chi connectivity index (χ3n) is 5.62. The van der Waals surface area contributed by atoms with Crippen molar-refractivity contribution in [2.75, 3.05) is 24.5 Å². The summed E-state index contributed by atoms with van der Waals surface area (Å²) in [5.41, 5.74) is 0.291. The van der Waals surface area contributed by atoms with Crippen molar-refractivity contribution in [1.29, 1.82) is 0 Å². The molecule has 2 heterocycles. The standard InChI is InChI=1S/C23H22ClF3N4OS/c24-19-6-4-15(5-7-19)12-20-29-22(33-30-20)31-10-8-16(9-11-31)14-28-21(32)17-2-1-3-18(13-17)23(25,26)27/h1-7,13,16H,8-12,14H2,(H,28,32). The zero-order chi connectivity index (χ0) is 23.4. The number of nitrogens with one attached hydrogen (secondary N) is 1. The van der Waals surface area contributed by atoms with Crippen molar-refractivity contribution in [3.63, 3.8) is 0 Å². The van der Waals surface area contributed by atoms with Crippen LogP contribution in [-0.2, 0) is 12.6 Å². The molecule has 0 atom stereocenters. The summed E-state index contributed by atoms with van der Waals surface area (Å²) in [7, 11) is 0. The highest BCUT2D eigenvalue weighted by Gasteiger charge is 2.31. The van der Waals surface area contributed by atoms with E-state index in [2.05, 4.69) is 19.6 Å². The smallest absolute Gasteiger partial charge is 0.352 e. The Kier molecular flexibility index (Phi) is 7.19. The Morgan fingerprint density at radius 2 is 1.88 bits per heavy atom. The monoisotopic (exact) mass is 494 g/mol. The minimum absolute atomic E-state index is 0.0179. The first-order chi connectivity index (χ1) is 15.8. The summed E-state index contributed by atoms with van der Waals surface area (Å²) in [5.74, 6) is 0.546. The molecule has 1 N–H and O–H groups in total. The number of halogens is 4. The Hall–Kier alpha value is -2.65. The molecule has 174 valence electrons. The molecule has 2 aromatic carbocycles. The molecule has 1 amide bonds. The molecule has 1 fully saturated rings. The molecule has 0 bridgehead atoms. The van der Waals surface area contributed by atoms with Gasteiger partial charge in [-0.1, -0.05) is 29.8 Å². The number of piperidine rings is 1. The van der Waals surface area contributed by atoms with Crippen molar-refractivity contribution in [2.45, 2.75) is 25.4 Å². The van der Waals surface area contributed by atoms with E-state index in [4.69, 9.17) is 11.6 Å². The predicted octanol–water partition coefficient (Wildman–Crippen LogP) is 5.45. The minimum atomic E-state index is -4.47. The molecule has 0 radical (unpaired) electrons. The minimum Gasteiger partial charge on any atom is -0.352 e. The predicted molar refractivity (Wildman–Crippen MR) is 123 cm³/mol. The second kappa shape index (κ2) is 10.1. The third kappa shape index (κ3) is 6.23. The van der Waals surface area contributed by atoms with Gasteiger partial charge < -0.3 is 10.2 Å². The van der Waals surface area contributed by atoms with E-state index in [0.29, 0.717) is 18.0 Å². The normalized spacial score (nSPS) is 15.0. The Morgan fingerprint density at radius 3 is 2.58 bits per heavy atom. The molecule has 10 heteroatoms. The van der Waals surface area contributed by atoms with Gasteiger partial charge in [0.2, 0.25) is 5.13 Å². The number of rotatable bonds is 6. The van der Waals surface area contributed by atoms with Gasteiger partial charge in [-0.3, -0.25) is 4.79 Å². The Balaban J connectivity index is 1.25. The number of aromatic nitrogens is 2. The van der Waals surface area contributed by atoms with Crippen molar-refractivity contribution >= 4 is 34.2 Å². The number of nitrogens with zero attached hydrogens (tertiary/aromatic N) is 3. The van der Waals surface area contributed by atoms with E-state index in [9.17, 15) is 18.0 Å². The van der Waals surface area contributed by atoms with Crippen LogP contribution in [-0.4, -0.2) is 34.9 Å². The lowest BCUT2D eigenvalue weighted by Gasteiger charge is -2.31. The van der Waals surface area contributed by atoms with Crippen LogP contribution >= 0.6 is 23.1 Å². The summed E-state index contributed by atoms with van der Waals surface area (Å²) in [6, 6.07) is 12.1. The lowest BCUT2D eigenvalue weighted by atomic mass is 9.97. The molecule has 1 aliphatic heterocycles. The first-order valence-corrected chi connectivity index (χ1v) is 11.7. The first kappa shape index (κ1) is 23.5. The fourth-order valence-corrected chi connectivity index (χ4v) is 4.60. The number of carbonyl (C=O) groups is 1. The van der Waals surface area contributed by atoms with Crippen LogP contribution in [0.1, 0.15) is 40.2 Å². The Morgan fingerprint density at radius 1 is 1.15 bits per heavy atom. The molecule has 33 heavy (non-hydrogen) atoms. The molecule has 0 aliphatic carbocycles. The van der Waals surface area contributed by atoms with Gasteiger partial charge in [0.25, 0.3) is 5.91 Å². The Labute approximate surface area is 198 Å². The molecule has 5 nitrogen and oxygen atoms in total. The van der Waals surface area contributed by atoms with Crippen LogP contribution in [0, 0.1) is 5.92 Å². The number of hydrogen-bond donors (Lipinski definition) is 1. The number of benzene rings is 2. The first-order valence-electron chi connectivity index (χ1n) is 10.6. The molecule has 1 saturated heterocycles. The van der Waals surface area contributed by atoms with Crippen LogP contribution in [0.5, 0.6) is 0 Å². The molecule has 0 spiro atoms. The van der Waals surface area contributed by atoms with Crippen molar-refractivity contribution < 1.29 is 18.0 Å². The summed E-state index contributed by atoms with van der Waals surface area (Å²) in [5, 5.41) is 4.35. The highest BCUT2D eigenvalue weighted by molar-refractivity contribution is 7.09. The van der Waals surface area contributed by atoms with Crippen LogP contribution in [0.25, 0.3) is 0 Å². The van der Waals surface area contributed by atoms with Crippen molar-refractivity contribution in [3.05, 3.63) is 76.1 Å². The van der Waals surface area contributed by atoms with Gasteiger partial charge in [-0.15, -0.1) is 0 Å². The van der Waals surface area contributed by atoms with Crippen LogP contribution in [0.3, 0.4) is 0 Å². The van der Waals surface area contributed by atoms with Crippen LogP contribution in [0.4, 0.5) is 18.3 Å². The van der Waals surface area contributed by atoms with E-state index >= 15 is 0 Å². The zero-order valence-corrected chi connectivity index (χ0v) is 19.2. The Bertz CT molecular complexity index is 1100. The number of alkyl halides is 3. The SMILES string of the molecule is O=C(NCC1CCN(c2nc(Cc3ccc(Cl)cc3)ns2)CC1)c1cccc(C(F)(F)F)c1. The average Bonchev–Trinajstić information content (AvgIpc) is 3.27. The van der Waals surface area contributed by atoms with Gasteiger partial charge in [-0.25, -0.2) is 4.98 Å². The zero-order valence-electron chi connectivity index (χ0n) is 17.6. The molecule has 0 unspecified atom stereocenters. The maximum absolute atomic E-state index is 12.9. The molecule has 1 aliphatic rings. The number of hydrogen-bond acceptors (Lipinski definition) is 5. The topological polar surface area (TPSA) is 58.1 Å². The second-order valence-corrected chi connectivity index (χ2v) is 9.18. The van der Waals surface area contributed by atoms with E-state index in [-0.39, 0.29) is 11.5 Å². The van der Waals surface area contributed by atoms with E-state index < -0.39 is 17.6 Å².